The molecule has 2 aliphatic rings. The first-order valence-corrected chi connectivity index (χ1v) is 10.9. The van der Waals surface area contributed by atoms with Crippen molar-refractivity contribution in [1.82, 2.24) is 35.7 Å². The first-order valence-electron chi connectivity index (χ1n) is 10.9. The number of nitrogens with zero attached hydrogens (tertiary/aromatic N) is 5. The quantitative estimate of drug-likeness (QED) is 0.757. The normalized spacial score (nSPS) is 19.0. The Hall–Kier alpha value is -2.55. The minimum Gasteiger partial charge on any atom is -0.335 e. The summed E-state index contributed by atoms with van der Waals surface area (Å²) in [6.07, 6.45) is 7.73. The molecular weight excluding hydrogens is 385 g/mol. The Balaban J connectivity index is 1.22. The second kappa shape index (κ2) is 9.97. The van der Waals surface area contributed by atoms with E-state index in [1.807, 2.05) is 0 Å². The third-order valence-corrected chi connectivity index (χ3v) is 6.08. The van der Waals surface area contributed by atoms with Gasteiger partial charge in [-0.1, -0.05) is 31.4 Å². The Bertz CT molecular complexity index is 811. The van der Waals surface area contributed by atoms with Crippen LogP contribution in [0.2, 0.25) is 0 Å². The van der Waals surface area contributed by atoms with Gasteiger partial charge in [0.05, 0.1) is 13.1 Å². The molecule has 4 rings (SSSR count). The number of aromatic nitrogens is 4. The summed E-state index contributed by atoms with van der Waals surface area (Å²) in [6.45, 7) is 2.95. The Morgan fingerprint density at radius 1 is 0.967 bits per heavy atom. The van der Waals surface area contributed by atoms with Gasteiger partial charge in [0.2, 0.25) is 0 Å². The topological polar surface area (TPSA) is 88.0 Å². The average molecular weight is 416 g/mol. The van der Waals surface area contributed by atoms with E-state index in [4.69, 9.17) is 0 Å². The summed E-state index contributed by atoms with van der Waals surface area (Å²) in [6, 6.07) is 6.90. The van der Waals surface area contributed by atoms with Gasteiger partial charge in [-0.05, 0) is 53.8 Å². The van der Waals surface area contributed by atoms with Crippen molar-refractivity contribution >= 4 is 6.03 Å². The van der Waals surface area contributed by atoms with E-state index in [9.17, 15) is 9.18 Å². The molecule has 0 radical (unpaired) electrons. The maximum atomic E-state index is 13.1. The SMILES string of the molecule is O=C(NC1CCCCC1)NC1CCN(Cc2nnnn2Cc2ccc(F)cc2)CC1. The molecule has 162 valence electrons. The molecule has 2 aromatic rings. The summed E-state index contributed by atoms with van der Waals surface area (Å²) in [4.78, 5) is 14.6. The number of likely N-dealkylation sites (tertiary alicyclic amines) is 1. The van der Waals surface area contributed by atoms with Gasteiger partial charge in [0, 0.05) is 25.2 Å². The van der Waals surface area contributed by atoms with Crippen molar-refractivity contribution in [3.05, 3.63) is 41.5 Å². The lowest BCUT2D eigenvalue weighted by molar-refractivity contribution is 0.179. The molecule has 1 aromatic carbocycles. The van der Waals surface area contributed by atoms with Gasteiger partial charge in [0.1, 0.15) is 5.82 Å². The number of benzene rings is 1. The molecule has 2 heterocycles. The van der Waals surface area contributed by atoms with Gasteiger partial charge in [-0.15, -0.1) is 5.10 Å². The van der Waals surface area contributed by atoms with E-state index in [-0.39, 0.29) is 17.9 Å². The standard InChI is InChI=1S/C21H30FN7O/c22-17-8-6-16(7-9-17)14-29-20(25-26-27-29)15-28-12-10-19(11-13-28)24-21(30)23-18-4-2-1-3-5-18/h6-9,18-19H,1-5,10-15H2,(H2,23,24,30). The van der Waals surface area contributed by atoms with Crippen molar-refractivity contribution in [2.45, 2.75) is 70.1 Å². The number of urea groups is 1. The molecule has 9 heteroatoms. The van der Waals surface area contributed by atoms with Crippen LogP contribution in [0.25, 0.3) is 0 Å². The number of tetrazole rings is 1. The molecule has 2 amide bonds. The Labute approximate surface area is 176 Å². The van der Waals surface area contributed by atoms with Crippen LogP contribution in [-0.4, -0.2) is 56.3 Å². The Morgan fingerprint density at radius 2 is 1.63 bits per heavy atom. The lowest BCUT2D eigenvalue weighted by Crippen LogP contribution is -2.50. The van der Waals surface area contributed by atoms with Crippen LogP contribution in [-0.2, 0) is 13.1 Å². The van der Waals surface area contributed by atoms with Crippen LogP contribution in [0.1, 0.15) is 56.3 Å². The van der Waals surface area contributed by atoms with Gasteiger partial charge in [-0.2, -0.15) is 0 Å². The molecule has 2 N–H and O–H groups in total. The fraction of sp³-hybridized carbons (Fsp3) is 0.619. The molecule has 1 saturated heterocycles. The van der Waals surface area contributed by atoms with E-state index >= 15 is 0 Å². The molecule has 0 unspecified atom stereocenters. The maximum Gasteiger partial charge on any atom is 0.315 e. The second-order valence-electron chi connectivity index (χ2n) is 8.38. The molecule has 1 aliphatic heterocycles. The van der Waals surface area contributed by atoms with E-state index < -0.39 is 0 Å². The molecule has 1 aliphatic carbocycles. The van der Waals surface area contributed by atoms with Crippen molar-refractivity contribution in [3.63, 3.8) is 0 Å². The summed E-state index contributed by atoms with van der Waals surface area (Å²) in [5.41, 5.74) is 0.955. The summed E-state index contributed by atoms with van der Waals surface area (Å²) in [7, 11) is 0. The van der Waals surface area contributed by atoms with E-state index in [1.54, 1.807) is 16.8 Å². The highest BCUT2D eigenvalue weighted by Gasteiger charge is 2.23. The molecule has 0 bridgehead atoms. The van der Waals surface area contributed by atoms with Crippen LogP contribution in [0.3, 0.4) is 0 Å². The molecule has 1 aromatic heterocycles. The number of rotatable bonds is 6. The molecule has 30 heavy (non-hydrogen) atoms. The number of nitrogens with one attached hydrogen (secondary N) is 2. The van der Waals surface area contributed by atoms with Crippen molar-refractivity contribution in [3.8, 4) is 0 Å². The monoisotopic (exact) mass is 415 g/mol. The maximum absolute atomic E-state index is 13.1. The van der Waals surface area contributed by atoms with Crippen LogP contribution < -0.4 is 10.6 Å². The smallest absolute Gasteiger partial charge is 0.315 e. The molecular formula is C21H30FN7O. The molecule has 1 saturated carbocycles. The van der Waals surface area contributed by atoms with Gasteiger partial charge >= 0.3 is 6.03 Å². The van der Waals surface area contributed by atoms with Crippen LogP contribution in [0.15, 0.2) is 24.3 Å². The number of piperidine rings is 1. The molecule has 0 spiro atoms. The van der Waals surface area contributed by atoms with Gasteiger partial charge < -0.3 is 10.6 Å². The third-order valence-electron chi connectivity index (χ3n) is 6.08. The zero-order valence-corrected chi connectivity index (χ0v) is 17.3. The van der Waals surface area contributed by atoms with Gasteiger partial charge in [0.15, 0.2) is 5.82 Å². The number of halogens is 1. The van der Waals surface area contributed by atoms with Crippen LogP contribution in [0.4, 0.5) is 9.18 Å². The largest absolute Gasteiger partial charge is 0.335 e. The van der Waals surface area contributed by atoms with Crippen molar-refractivity contribution in [2.24, 2.45) is 0 Å². The zero-order valence-electron chi connectivity index (χ0n) is 17.3. The highest BCUT2D eigenvalue weighted by atomic mass is 19.1. The summed E-state index contributed by atoms with van der Waals surface area (Å²) in [5, 5.41) is 18.3. The van der Waals surface area contributed by atoms with Crippen LogP contribution >= 0.6 is 0 Å². The van der Waals surface area contributed by atoms with E-state index in [0.29, 0.717) is 19.1 Å². The summed E-state index contributed by atoms with van der Waals surface area (Å²) < 4.78 is 14.9. The number of amides is 2. The minimum atomic E-state index is -0.250. The predicted molar refractivity (Wildman–Crippen MR) is 110 cm³/mol. The Morgan fingerprint density at radius 3 is 2.33 bits per heavy atom. The summed E-state index contributed by atoms with van der Waals surface area (Å²) in [5.74, 6) is 0.542. The van der Waals surface area contributed by atoms with E-state index in [1.165, 1.54) is 31.4 Å². The Kier molecular flexibility index (Phi) is 6.88. The van der Waals surface area contributed by atoms with Gasteiger partial charge in [-0.25, -0.2) is 13.9 Å². The average Bonchev–Trinajstić information content (AvgIpc) is 3.18. The second-order valence-corrected chi connectivity index (χ2v) is 8.38. The van der Waals surface area contributed by atoms with Crippen molar-refractivity contribution in [1.29, 1.82) is 0 Å². The minimum absolute atomic E-state index is 0.0245. The van der Waals surface area contributed by atoms with Crippen molar-refractivity contribution < 1.29 is 9.18 Å². The molecule has 8 nitrogen and oxygen atoms in total. The van der Waals surface area contributed by atoms with Gasteiger partial charge in [-0.3, -0.25) is 4.90 Å². The lowest BCUT2D eigenvalue weighted by atomic mass is 9.96. The van der Waals surface area contributed by atoms with Gasteiger partial charge in [0.25, 0.3) is 0 Å². The predicted octanol–water partition coefficient (Wildman–Crippen LogP) is 2.46. The number of carbonyl (C=O) groups excluding carboxylic acids is 1. The highest BCUT2D eigenvalue weighted by Crippen LogP contribution is 2.18. The van der Waals surface area contributed by atoms with E-state index in [0.717, 1.165) is 50.2 Å². The highest BCUT2D eigenvalue weighted by molar-refractivity contribution is 5.74. The van der Waals surface area contributed by atoms with Crippen LogP contribution in [0.5, 0.6) is 0 Å². The van der Waals surface area contributed by atoms with Crippen molar-refractivity contribution in [2.75, 3.05) is 13.1 Å². The number of carbonyl (C=O) groups is 1. The fourth-order valence-electron chi connectivity index (χ4n) is 4.32. The summed E-state index contributed by atoms with van der Waals surface area (Å²) >= 11 is 0. The lowest BCUT2D eigenvalue weighted by Gasteiger charge is -2.32. The zero-order chi connectivity index (χ0) is 20.8. The fourth-order valence-corrected chi connectivity index (χ4v) is 4.32. The van der Waals surface area contributed by atoms with Crippen LogP contribution in [0, 0.1) is 5.82 Å². The number of hydrogen-bond donors (Lipinski definition) is 2. The molecule has 0 atom stereocenters. The first-order chi connectivity index (χ1) is 14.7. The number of hydrogen-bond acceptors (Lipinski definition) is 5. The first kappa shape index (κ1) is 20.7. The van der Waals surface area contributed by atoms with E-state index in [2.05, 4.69) is 31.1 Å². The molecule has 2 fully saturated rings. The third kappa shape index (κ3) is 5.75.